The highest BCUT2D eigenvalue weighted by Crippen LogP contribution is 2.50. The largest absolute Gasteiger partial charge is 0.310 e. The SMILES string of the molecule is CC1(C)c2ccccc2-c2ccc(N(c3ccc(-c4ccc(-c5ccc6c(c5)c5ccccc5n6-c5ccccc5)cc4)cc3)c3ccc4ccccc4c3)cc21. The van der Waals surface area contributed by atoms with Gasteiger partial charge in [0.15, 0.2) is 0 Å². The minimum absolute atomic E-state index is 0.0835. The van der Waals surface area contributed by atoms with Crippen molar-refractivity contribution < 1.29 is 0 Å². The summed E-state index contributed by atoms with van der Waals surface area (Å²) in [6.07, 6.45) is 0. The second-order valence-electron chi connectivity index (χ2n) is 15.8. The molecule has 0 N–H and O–H groups in total. The van der Waals surface area contributed by atoms with E-state index in [1.807, 2.05) is 0 Å². The molecule has 270 valence electrons. The molecule has 0 spiro atoms. The molecule has 0 aliphatic heterocycles. The van der Waals surface area contributed by atoms with E-state index >= 15 is 0 Å². The van der Waals surface area contributed by atoms with Crippen molar-refractivity contribution >= 4 is 49.6 Å². The fourth-order valence-corrected chi connectivity index (χ4v) is 9.26. The minimum atomic E-state index is -0.0835. The third-order valence-corrected chi connectivity index (χ3v) is 12.2. The predicted molar refractivity (Wildman–Crippen MR) is 241 cm³/mol. The van der Waals surface area contributed by atoms with Gasteiger partial charge in [0.25, 0.3) is 0 Å². The monoisotopic (exact) mass is 728 g/mol. The number of para-hydroxylation sites is 2. The Morgan fingerprint density at radius 3 is 1.74 bits per heavy atom. The van der Waals surface area contributed by atoms with Crippen molar-refractivity contribution in [3.8, 4) is 39.1 Å². The van der Waals surface area contributed by atoms with Crippen LogP contribution in [-0.4, -0.2) is 4.57 Å². The number of benzene rings is 9. The molecule has 0 unspecified atom stereocenters. The molecule has 0 amide bonds. The summed E-state index contributed by atoms with van der Waals surface area (Å²) in [4.78, 5) is 2.41. The van der Waals surface area contributed by atoms with E-state index in [-0.39, 0.29) is 5.41 Å². The van der Waals surface area contributed by atoms with Crippen LogP contribution in [0.4, 0.5) is 17.1 Å². The van der Waals surface area contributed by atoms with Crippen LogP contribution in [-0.2, 0) is 5.41 Å². The molecule has 0 radical (unpaired) electrons. The van der Waals surface area contributed by atoms with E-state index < -0.39 is 0 Å². The molecule has 2 nitrogen and oxygen atoms in total. The van der Waals surface area contributed by atoms with Gasteiger partial charge in [-0.2, -0.15) is 0 Å². The first-order valence-corrected chi connectivity index (χ1v) is 19.8. The Bertz CT molecular complexity index is 3130. The molecular formula is C55H40N2. The van der Waals surface area contributed by atoms with Gasteiger partial charge in [-0.05, 0) is 122 Å². The third kappa shape index (κ3) is 5.40. The first-order chi connectivity index (χ1) is 28.0. The van der Waals surface area contributed by atoms with Crippen molar-refractivity contribution in [2.24, 2.45) is 0 Å². The Morgan fingerprint density at radius 2 is 0.930 bits per heavy atom. The lowest BCUT2D eigenvalue weighted by atomic mass is 9.82. The van der Waals surface area contributed by atoms with E-state index in [4.69, 9.17) is 0 Å². The topological polar surface area (TPSA) is 8.17 Å². The fraction of sp³-hybridized carbons (Fsp3) is 0.0545. The molecule has 1 heterocycles. The zero-order valence-electron chi connectivity index (χ0n) is 32.0. The van der Waals surface area contributed by atoms with Crippen molar-refractivity contribution in [3.63, 3.8) is 0 Å². The smallest absolute Gasteiger partial charge is 0.0541 e. The predicted octanol–water partition coefficient (Wildman–Crippen LogP) is 15.0. The Morgan fingerprint density at radius 1 is 0.368 bits per heavy atom. The van der Waals surface area contributed by atoms with Gasteiger partial charge in [0.1, 0.15) is 0 Å². The number of rotatable bonds is 6. The van der Waals surface area contributed by atoms with Gasteiger partial charge < -0.3 is 9.47 Å². The molecule has 10 aromatic rings. The van der Waals surface area contributed by atoms with Crippen molar-refractivity contribution in [1.29, 1.82) is 0 Å². The van der Waals surface area contributed by atoms with Crippen LogP contribution in [0.3, 0.4) is 0 Å². The average Bonchev–Trinajstić information content (AvgIpc) is 3.72. The quantitative estimate of drug-likeness (QED) is 0.165. The van der Waals surface area contributed by atoms with Gasteiger partial charge in [0, 0.05) is 38.9 Å². The summed E-state index contributed by atoms with van der Waals surface area (Å²) in [7, 11) is 0. The lowest BCUT2D eigenvalue weighted by Crippen LogP contribution is -2.16. The maximum absolute atomic E-state index is 2.41. The molecule has 0 bridgehead atoms. The fourth-order valence-electron chi connectivity index (χ4n) is 9.26. The number of nitrogens with zero attached hydrogens (tertiary/aromatic N) is 2. The second-order valence-corrected chi connectivity index (χ2v) is 15.8. The maximum atomic E-state index is 2.41. The summed E-state index contributed by atoms with van der Waals surface area (Å²) in [6, 6.07) is 75.6. The Labute approximate surface area is 333 Å². The second kappa shape index (κ2) is 13.0. The van der Waals surface area contributed by atoms with Gasteiger partial charge in [-0.25, -0.2) is 0 Å². The molecule has 2 heteroatoms. The first-order valence-electron chi connectivity index (χ1n) is 19.8. The van der Waals surface area contributed by atoms with Crippen LogP contribution < -0.4 is 4.90 Å². The molecule has 0 fully saturated rings. The summed E-state index contributed by atoms with van der Waals surface area (Å²) in [6.45, 7) is 4.70. The zero-order chi connectivity index (χ0) is 38.1. The van der Waals surface area contributed by atoms with Gasteiger partial charge in [0.2, 0.25) is 0 Å². The molecule has 0 atom stereocenters. The molecule has 11 rings (SSSR count). The van der Waals surface area contributed by atoms with Crippen molar-refractivity contribution in [1.82, 2.24) is 4.57 Å². The van der Waals surface area contributed by atoms with E-state index in [2.05, 4.69) is 230 Å². The molecule has 0 saturated heterocycles. The molecule has 57 heavy (non-hydrogen) atoms. The van der Waals surface area contributed by atoms with Gasteiger partial charge in [-0.15, -0.1) is 0 Å². The highest BCUT2D eigenvalue weighted by molar-refractivity contribution is 6.10. The summed E-state index contributed by atoms with van der Waals surface area (Å²) in [5.41, 5.74) is 17.2. The summed E-state index contributed by atoms with van der Waals surface area (Å²) in [5.74, 6) is 0. The van der Waals surface area contributed by atoms with Crippen molar-refractivity contribution in [3.05, 3.63) is 217 Å². The van der Waals surface area contributed by atoms with Crippen molar-refractivity contribution in [2.75, 3.05) is 4.90 Å². The van der Waals surface area contributed by atoms with Crippen LogP contribution in [0.2, 0.25) is 0 Å². The van der Waals surface area contributed by atoms with E-state index in [1.54, 1.807) is 0 Å². The van der Waals surface area contributed by atoms with E-state index in [0.29, 0.717) is 0 Å². The van der Waals surface area contributed by atoms with Crippen LogP contribution in [0.5, 0.6) is 0 Å². The summed E-state index contributed by atoms with van der Waals surface area (Å²) >= 11 is 0. The molecular weight excluding hydrogens is 689 g/mol. The summed E-state index contributed by atoms with van der Waals surface area (Å²) in [5, 5.41) is 5.00. The molecule has 1 aromatic heterocycles. The highest BCUT2D eigenvalue weighted by Gasteiger charge is 2.35. The van der Waals surface area contributed by atoms with Crippen LogP contribution in [0.15, 0.2) is 206 Å². The Balaban J connectivity index is 0.944. The van der Waals surface area contributed by atoms with Gasteiger partial charge in [-0.3, -0.25) is 0 Å². The van der Waals surface area contributed by atoms with Crippen LogP contribution >= 0.6 is 0 Å². The highest BCUT2D eigenvalue weighted by atomic mass is 15.1. The molecule has 1 aliphatic carbocycles. The summed E-state index contributed by atoms with van der Waals surface area (Å²) < 4.78 is 2.37. The van der Waals surface area contributed by atoms with Gasteiger partial charge in [-0.1, -0.05) is 153 Å². The van der Waals surface area contributed by atoms with E-state index in [0.717, 1.165) is 17.1 Å². The van der Waals surface area contributed by atoms with Gasteiger partial charge in [0.05, 0.1) is 11.0 Å². The number of hydrogen-bond acceptors (Lipinski definition) is 1. The lowest BCUT2D eigenvalue weighted by molar-refractivity contribution is 0.660. The Hall–Kier alpha value is -7.16. The van der Waals surface area contributed by atoms with Crippen LogP contribution in [0.1, 0.15) is 25.0 Å². The molecule has 9 aromatic carbocycles. The average molecular weight is 729 g/mol. The third-order valence-electron chi connectivity index (χ3n) is 12.2. The number of fused-ring (bicyclic) bond motifs is 7. The lowest BCUT2D eigenvalue weighted by Gasteiger charge is -2.28. The number of hydrogen-bond donors (Lipinski definition) is 0. The zero-order valence-corrected chi connectivity index (χ0v) is 32.0. The molecule has 1 aliphatic rings. The normalized spacial score (nSPS) is 12.9. The van der Waals surface area contributed by atoms with Crippen molar-refractivity contribution in [2.45, 2.75) is 19.3 Å². The number of aromatic nitrogens is 1. The van der Waals surface area contributed by atoms with Crippen LogP contribution in [0, 0.1) is 0 Å². The van der Waals surface area contributed by atoms with E-state index in [1.165, 1.54) is 82.8 Å². The molecule has 0 saturated carbocycles. The first kappa shape index (κ1) is 33.2. The maximum Gasteiger partial charge on any atom is 0.0541 e. The standard InChI is InChI=1S/C55H40N2/c1-55(2)51-18-10-8-16-47(51)48-32-31-46(36-52(48)55)56(45-30-26-37-12-6-7-13-41(37)34-45)44-28-24-39(25-29-44)38-20-22-40(23-21-38)42-27-33-54-50(35-42)49-17-9-11-19-53(49)57(54)43-14-4-3-5-15-43/h3-36H,1-2H3. The van der Waals surface area contributed by atoms with Gasteiger partial charge >= 0.3 is 0 Å². The number of anilines is 3. The van der Waals surface area contributed by atoms with E-state index in [9.17, 15) is 0 Å². The minimum Gasteiger partial charge on any atom is -0.310 e. The Kier molecular flexibility index (Phi) is 7.55. The van der Waals surface area contributed by atoms with Crippen LogP contribution in [0.25, 0.3) is 71.6 Å².